The third-order valence-electron chi connectivity index (χ3n) is 4.46. The van der Waals surface area contributed by atoms with Crippen molar-refractivity contribution in [2.75, 3.05) is 7.11 Å². The molecule has 0 aliphatic carbocycles. The Morgan fingerprint density at radius 1 is 1.10 bits per heavy atom. The fraction of sp³-hybridized carbons (Fsp3) is 0.0870. The largest absolute Gasteiger partial charge is 0.493 e. The summed E-state index contributed by atoms with van der Waals surface area (Å²) in [5.41, 5.74) is 2.02. The van der Waals surface area contributed by atoms with Crippen LogP contribution >= 0.6 is 23.2 Å². The van der Waals surface area contributed by atoms with Gasteiger partial charge in [-0.15, -0.1) is 0 Å². The summed E-state index contributed by atoms with van der Waals surface area (Å²) in [6.45, 7) is 0.0964. The predicted octanol–water partition coefficient (Wildman–Crippen LogP) is 6.55. The van der Waals surface area contributed by atoms with Gasteiger partial charge in [-0.1, -0.05) is 41.4 Å². The molecule has 6 nitrogen and oxygen atoms in total. The van der Waals surface area contributed by atoms with Crippen LogP contribution in [0.3, 0.4) is 0 Å². The lowest BCUT2D eigenvalue weighted by atomic mass is 10.0. The monoisotopic (exact) mass is 454 g/mol. The predicted molar refractivity (Wildman–Crippen MR) is 120 cm³/mol. The smallest absolute Gasteiger partial charge is 0.269 e. The summed E-state index contributed by atoms with van der Waals surface area (Å²) < 4.78 is 11.4. The van der Waals surface area contributed by atoms with E-state index in [0.29, 0.717) is 43.8 Å². The Morgan fingerprint density at radius 2 is 1.74 bits per heavy atom. The number of allylic oxidation sites excluding steroid dienone is 1. The molecule has 3 aromatic carbocycles. The molecule has 31 heavy (non-hydrogen) atoms. The van der Waals surface area contributed by atoms with E-state index in [0.717, 1.165) is 0 Å². The van der Waals surface area contributed by atoms with Crippen molar-refractivity contribution in [3.05, 3.63) is 97.5 Å². The van der Waals surface area contributed by atoms with E-state index in [1.54, 1.807) is 42.5 Å². The SMILES string of the molecule is COc1cccc(C=C(C#N)c2ccc([N+](=O)[O-])cc2)c1OCc1c(Cl)cccc1Cl. The molecule has 3 rings (SSSR count). The van der Waals surface area contributed by atoms with E-state index >= 15 is 0 Å². The number of para-hydroxylation sites is 1. The Balaban J connectivity index is 1.98. The average Bonchev–Trinajstić information content (AvgIpc) is 2.77. The number of hydrogen-bond acceptors (Lipinski definition) is 5. The van der Waals surface area contributed by atoms with Gasteiger partial charge in [0.25, 0.3) is 5.69 Å². The second kappa shape index (κ2) is 9.98. The number of methoxy groups -OCH3 is 1. The van der Waals surface area contributed by atoms with Gasteiger partial charge < -0.3 is 9.47 Å². The molecule has 0 saturated heterocycles. The lowest BCUT2D eigenvalue weighted by Gasteiger charge is -2.15. The van der Waals surface area contributed by atoms with Crippen LogP contribution in [0.5, 0.6) is 11.5 Å². The Morgan fingerprint density at radius 3 is 2.32 bits per heavy atom. The molecule has 0 bridgehead atoms. The third kappa shape index (κ3) is 5.15. The van der Waals surface area contributed by atoms with Gasteiger partial charge in [0.1, 0.15) is 6.61 Å². The van der Waals surface area contributed by atoms with Crippen LogP contribution in [0.15, 0.2) is 60.7 Å². The summed E-state index contributed by atoms with van der Waals surface area (Å²) in [5.74, 6) is 0.883. The van der Waals surface area contributed by atoms with Gasteiger partial charge in [0.15, 0.2) is 11.5 Å². The van der Waals surface area contributed by atoms with Crippen molar-refractivity contribution in [1.29, 1.82) is 5.26 Å². The van der Waals surface area contributed by atoms with Crippen LogP contribution in [0.1, 0.15) is 16.7 Å². The minimum Gasteiger partial charge on any atom is -0.493 e. The zero-order chi connectivity index (χ0) is 22.4. The average molecular weight is 455 g/mol. The van der Waals surface area contributed by atoms with Gasteiger partial charge >= 0.3 is 0 Å². The molecular formula is C23H16Cl2N2O4. The Hall–Kier alpha value is -3.53. The van der Waals surface area contributed by atoms with Crippen molar-refractivity contribution in [2.24, 2.45) is 0 Å². The van der Waals surface area contributed by atoms with Crippen LogP contribution < -0.4 is 9.47 Å². The lowest BCUT2D eigenvalue weighted by Crippen LogP contribution is -2.01. The first-order valence-corrected chi connectivity index (χ1v) is 9.79. The first-order chi connectivity index (χ1) is 14.9. The maximum absolute atomic E-state index is 10.9. The van der Waals surface area contributed by atoms with Gasteiger partial charge in [-0.25, -0.2) is 0 Å². The van der Waals surface area contributed by atoms with Gasteiger partial charge in [-0.2, -0.15) is 5.26 Å². The van der Waals surface area contributed by atoms with Gasteiger partial charge in [0.2, 0.25) is 0 Å². The minimum absolute atomic E-state index is 0.0527. The van der Waals surface area contributed by atoms with Crippen molar-refractivity contribution in [1.82, 2.24) is 0 Å². The number of nitrogens with zero attached hydrogens (tertiary/aromatic N) is 2. The van der Waals surface area contributed by atoms with Gasteiger partial charge in [0, 0.05) is 33.3 Å². The fourth-order valence-corrected chi connectivity index (χ4v) is 3.38. The molecule has 156 valence electrons. The lowest BCUT2D eigenvalue weighted by molar-refractivity contribution is -0.384. The molecule has 0 atom stereocenters. The van der Waals surface area contributed by atoms with Crippen LogP contribution in [-0.4, -0.2) is 12.0 Å². The Labute approximate surface area is 189 Å². The van der Waals surface area contributed by atoms with Crippen LogP contribution in [0, 0.1) is 21.4 Å². The summed E-state index contributed by atoms with van der Waals surface area (Å²) in [6, 6.07) is 18.3. The second-order valence-corrected chi connectivity index (χ2v) is 7.16. The minimum atomic E-state index is -0.493. The highest BCUT2D eigenvalue weighted by molar-refractivity contribution is 6.35. The molecule has 0 amide bonds. The van der Waals surface area contributed by atoms with E-state index in [1.807, 2.05) is 0 Å². The van der Waals surface area contributed by atoms with Gasteiger partial charge in [-0.3, -0.25) is 10.1 Å². The highest BCUT2D eigenvalue weighted by Gasteiger charge is 2.14. The summed E-state index contributed by atoms with van der Waals surface area (Å²) >= 11 is 12.5. The van der Waals surface area contributed by atoms with E-state index in [9.17, 15) is 15.4 Å². The molecule has 8 heteroatoms. The highest BCUT2D eigenvalue weighted by Crippen LogP contribution is 2.35. The topological polar surface area (TPSA) is 85.4 Å². The first kappa shape index (κ1) is 22.2. The molecule has 0 fully saturated rings. The van der Waals surface area contributed by atoms with E-state index in [1.165, 1.54) is 31.4 Å². The maximum Gasteiger partial charge on any atom is 0.269 e. The molecule has 0 unspecified atom stereocenters. The normalized spacial score (nSPS) is 11.0. The van der Waals surface area contributed by atoms with E-state index in [-0.39, 0.29) is 12.3 Å². The van der Waals surface area contributed by atoms with Crippen LogP contribution in [0.2, 0.25) is 10.0 Å². The summed E-state index contributed by atoms with van der Waals surface area (Å²) in [7, 11) is 1.51. The molecule has 0 spiro atoms. The molecule has 0 aliphatic heterocycles. The molecule has 3 aromatic rings. The fourth-order valence-electron chi connectivity index (χ4n) is 2.87. The molecular weight excluding hydrogens is 439 g/mol. The second-order valence-electron chi connectivity index (χ2n) is 6.34. The van der Waals surface area contributed by atoms with Crippen molar-refractivity contribution in [2.45, 2.75) is 6.61 Å². The Kier molecular flexibility index (Phi) is 7.14. The standard InChI is InChI=1S/C23H16Cl2N2O4/c1-30-22-7-2-4-16(23(22)31-14-19-20(24)5-3-6-21(19)25)12-17(13-26)15-8-10-18(11-9-15)27(28)29/h2-12H,14H2,1H3. The van der Waals surface area contributed by atoms with Gasteiger partial charge in [0.05, 0.1) is 23.7 Å². The number of non-ortho nitro benzene ring substituents is 1. The number of benzene rings is 3. The van der Waals surface area contributed by atoms with Gasteiger partial charge in [-0.05, 0) is 42.0 Å². The summed E-state index contributed by atoms with van der Waals surface area (Å²) in [6.07, 6.45) is 1.63. The number of nitriles is 1. The van der Waals surface area contributed by atoms with Crippen LogP contribution in [0.4, 0.5) is 5.69 Å². The third-order valence-corrected chi connectivity index (χ3v) is 5.17. The van der Waals surface area contributed by atoms with Crippen molar-refractivity contribution in [3.63, 3.8) is 0 Å². The molecule has 0 radical (unpaired) electrons. The van der Waals surface area contributed by atoms with E-state index < -0.39 is 4.92 Å². The van der Waals surface area contributed by atoms with Crippen molar-refractivity contribution >= 4 is 40.5 Å². The van der Waals surface area contributed by atoms with Crippen LogP contribution in [0.25, 0.3) is 11.6 Å². The number of nitro benzene ring substituents is 1. The highest BCUT2D eigenvalue weighted by atomic mass is 35.5. The van der Waals surface area contributed by atoms with E-state index in [2.05, 4.69) is 6.07 Å². The molecule has 0 aromatic heterocycles. The number of nitro groups is 1. The molecule has 0 heterocycles. The van der Waals surface area contributed by atoms with Crippen molar-refractivity contribution < 1.29 is 14.4 Å². The number of rotatable bonds is 7. The number of hydrogen-bond donors (Lipinski definition) is 0. The first-order valence-electron chi connectivity index (χ1n) is 9.04. The number of ether oxygens (including phenoxy) is 2. The summed E-state index contributed by atoms with van der Waals surface area (Å²) in [4.78, 5) is 10.4. The molecule has 0 N–H and O–H groups in total. The van der Waals surface area contributed by atoms with Crippen molar-refractivity contribution in [3.8, 4) is 17.6 Å². The zero-order valence-electron chi connectivity index (χ0n) is 16.3. The quantitative estimate of drug-likeness (QED) is 0.174. The molecule has 0 saturated carbocycles. The van der Waals surface area contributed by atoms with Crippen LogP contribution in [-0.2, 0) is 6.61 Å². The summed E-state index contributed by atoms with van der Waals surface area (Å²) in [5, 5.41) is 21.5. The van der Waals surface area contributed by atoms with E-state index in [4.69, 9.17) is 32.7 Å². The zero-order valence-corrected chi connectivity index (χ0v) is 17.9. The number of halogens is 2. The Bertz CT molecular complexity index is 1160. The maximum atomic E-state index is 10.9. The molecule has 0 aliphatic rings.